The second-order valence-electron chi connectivity index (χ2n) is 29.2. The van der Waals surface area contributed by atoms with Gasteiger partial charge in [0.25, 0.3) is 0 Å². The Bertz CT molecular complexity index is 5830. The van der Waals surface area contributed by atoms with Crippen molar-refractivity contribution >= 4 is 82.3 Å². The predicted octanol–water partition coefficient (Wildman–Crippen LogP) is 13.2. The number of benzene rings is 8. The summed E-state index contributed by atoms with van der Waals surface area (Å²) in [5, 5.41) is 67.5. The van der Waals surface area contributed by atoms with Gasteiger partial charge in [0.1, 0.15) is 0 Å². The number of carboxylic acids is 4. The molecule has 12 aromatic rings. The molecule has 8 aromatic carbocycles. The lowest BCUT2D eigenvalue weighted by molar-refractivity contribution is -0.134. The summed E-state index contributed by atoms with van der Waals surface area (Å²) in [6, 6.07) is 51.7. The molecule has 16 rings (SSSR count). The maximum Gasteiger partial charge on any atom is 0.335 e. The molecular formula is C88H83Cl3F2N16O12. The van der Waals surface area contributed by atoms with E-state index in [1.807, 2.05) is 48.5 Å². The number of carbonyl (C=O) groups is 8. The first-order valence-electron chi connectivity index (χ1n) is 38.6. The van der Waals surface area contributed by atoms with Crippen LogP contribution in [0.2, 0.25) is 15.1 Å². The van der Waals surface area contributed by atoms with E-state index in [0.29, 0.717) is 104 Å². The van der Waals surface area contributed by atoms with E-state index in [0.717, 1.165) is 102 Å². The largest absolute Gasteiger partial charge is 0.478 e. The SMILES string of the molecule is NCCC(C(=O)N1Cc2[nH]nc(-c3ccc(C(=O)O)cc3)c2C1)c1ccc(Cl)cc1.NCCC(C(=O)N1Cc2[nH]nc(-c3ccc(C(=O)O)cc3)c2C1)c1cccc(Cl)c1.NCCC(C(=O)N1Cc2[nH]nc(-c3ccc(C(=O)O)cc3)c2C1)c1cccc(F)c1F.NCCC(C(=O)N1Cc2[nH]nc(-c3ccc(C(=O)O)cc3)c2C1)c1ccccc1Cl. The number of halogens is 5. The molecule has 33 heteroatoms. The van der Waals surface area contributed by atoms with Crippen LogP contribution in [0.5, 0.6) is 0 Å². The molecule has 0 bridgehead atoms. The Morgan fingerprint density at radius 3 is 0.983 bits per heavy atom. The van der Waals surface area contributed by atoms with E-state index in [9.17, 15) is 47.1 Å². The molecule has 0 radical (unpaired) electrons. The molecule has 0 spiro atoms. The van der Waals surface area contributed by atoms with E-state index < -0.39 is 47.3 Å². The zero-order valence-corrected chi connectivity index (χ0v) is 67.1. The number of carbonyl (C=O) groups excluding carboxylic acids is 4. The third kappa shape index (κ3) is 19.2. The van der Waals surface area contributed by atoms with Crippen LogP contribution in [-0.2, 0) is 71.5 Å². The van der Waals surface area contributed by atoms with Gasteiger partial charge < -0.3 is 63.0 Å². The number of nitrogens with two attached hydrogens (primary N) is 4. The van der Waals surface area contributed by atoms with E-state index in [2.05, 4.69) is 40.8 Å². The highest BCUT2D eigenvalue weighted by atomic mass is 35.5. The summed E-state index contributed by atoms with van der Waals surface area (Å²) < 4.78 is 28.1. The van der Waals surface area contributed by atoms with E-state index in [-0.39, 0.29) is 89.3 Å². The van der Waals surface area contributed by atoms with Gasteiger partial charge in [0, 0.05) is 65.1 Å². The van der Waals surface area contributed by atoms with Crippen LogP contribution in [0.3, 0.4) is 0 Å². The number of nitrogens with zero attached hydrogens (tertiary/aromatic N) is 8. The van der Waals surface area contributed by atoms with Gasteiger partial charge in [-0.05, 0) is 153 Å². The minimum atomic E-state index is -1.03. The van der Waals surface area contributed by atoms with Gasteiger partial charge in [-0.2, -0.15) is 20.4 Å². The quantitative estimate of drug-likeness (QED) is 0.0267. The van der Waals surface area contributed by atoms with Gasteiger partial charge >= 0.3 is 23.9 Å². The number of carboxylic acid groups (broad SMARTS) is 4. The summed E-state index contributed by atoms with van der Waals surface area (Å²) in [7, 11) is 0. The molecule has 121 heavy (non-hydrogen) atoms. The summed E-state index contributed by atoms with van der Waals surface area (Å²) in [6.07, 6.45) is 1.78. The summed E-state index contributed by atoms with van der Waals surface area (Å²) >= 11 is 18.5. The molecule has 16 N–H and O–H groups in total. The Kier molecular flexibility index (Phi) is 27.2. The van der Waals surface area contributed by atoms with Crippen molar-refractivity contribution in [2.24, 2.45) is 22.9 Å². The first-order chi connectivity index (χ1) is 58.3. The molecule has 0 fully saturated rings. The number of amides is 4. The first kappa shape index (κ1) is 85.8. The molecule has 0 aliphatic carbocycles. The lowest BCUT2D eigenvalue weighted by atomic mass is 9.93. The Hall–Kier alpha value is -13.1. The molecule has 28 nitrogen and oxygen atoms in total. The van der Waals surface area contributed by atoms with Crippen molar-refractivity contribution in [1.82, 2.24) is 60.4 Å². The average molecular weight is 1700 g/mol. The van der Waals surface area contributed by atoms with E-state index in [1.165, 1.54) is 24.3 Å². The standard InChI is InChI=1S/3C22H21ClN4O3.C22H20F2N4O3/c23-16-7-5-13(6-8-16)17(9-10-24)21(28)27-11-18-19(12-27)25-26-20(18)14-1-3-15(4-2-14)22(29)30;23-16-3-1-2-15(10-16)17(8-9-24)21(28)27-11-18-19(12-27)25-26-20(18)13-4-6-14(7-5-13)22(29)30;23-18-4-2-1-3-15(18)16(9-10-24)21(28)27-11-17-19(12-27)25-26-20(17)13-5-7-14(8-6-13)22(29)30;23-17-3-1-2-14(19(17)24)15(8-9-25)21(29)28-10-16-18(11-28)26-27-20(16)12-4-6-13(7-5-12)22(30)31/h1-8,17H,9-12,24H2,(H,25,26)(H,29,30);1-7,10,17H,8-9,11-12,24H2,(H,25,26)(H,29,30);1-8,16H,9-12,24H2,(H,25,26)(H,29,30);1-7,15H,8-11,25H2,(H,26,27)(H,30,31). The van der Waals surface area contributed by atoms with Gasteiger partial charge in [-0.25, -0.2) is 28.0 Å². The van der Waals surface area contributed by atoms with Crippen LogP contribution < -0.4 is 22.9 Å². The summed E-state index contributed by atoms with van der Waals surface area (Å²) in [6.45, 7) is 4.44. The zero-order chi connectivity index (χ0) is 85.9. The van der Waals surface area contributed by atoms with Crippen molar-refractivity contribution in [2.45, 2.75) is 102 Å². The van der Waals surface area contributed by atoms with E-state index >= 15 is 0 Å². The highest BCUT2D eigenvalue weighted by molar-refractivity contribution is 6.32. The van der Waals surface area contributed by atoms with Crippen molar-refractivity contribution in [2.75, 3.05) is 26.2 Å². The molecular weight excluding hydrogens is 1620 g/mol. The number of hydrogen-bond donors (Lipinski definition) is 12. The maximum atomic E-state index is 14.4. The minimum Gasteiger partial charge on any atom is -0.478 e. The molecule has 4 amide bonds. The Balaban J connectivity index is 0.000000139. The number of nitrogens with one attached hydrogen (secondary N) is 4. The summed E-state index contributed by atoms with van der Waals surface area (Å²) in [5.74, 6) is -8.32. The summed E-state index contributed by atoms with van der Waals surface area (Å²) in [4.78, 5) is 104. The fourth-order valence-electron chi connectivity index (χ4n) is 15.4. The van der Waals surface area contributed by atoms with Crippen LogP contribution in [0.1, 0.15) is 158 Å². The molecule has 4 aliphatic heterocycles. The maximum absolute atomic E-state index is 14.4. The van der Waals surface area contributed by atoms with Crippen LogP contribution in [0.15, 0.2) is 188 Å². The highest BCUT2D eigenvalue weighted by Gasteiger charge is 2.39. The van der Waals surface area contributed by atoms with E-state index in [1.54, 1.807) is 129 Å². The molecule has 4 aliphatic rings. The van der Waals surface area contributed by atoms with Crippen LogP contribution in [0.25, 0.3) is 45.0 Å². The molecule has 8 heterocycles. The minimum absolute atomic E-state index is 0.000471. The Morgan fingerprint density at radius 2 is 0.653 bits per heavy atom. The normalized spacial score (nSPS) is 13.9. The number of rotatable bonds is 24. The van der Waals surface area contributed by atoms with Crippen LogP contribution >= 0.6 is 34.8 Å². The zero-order valence-electron chi connectivity index (χ0n) is 64.9. The van der Waals surface area contributed by atoms with Crippen molar-refractivity contribution in [1.29, 1.82) is 0 Å². The van der Waals surface area contributed by atoms with Gasteiger partial charge in [0.05, 0.1) is 144 Å². The monoisotopic (exact) mass is 1700 g/mol. The number of fused-ring (bicyclic) bond motifs is 4. The fraction of sp³-hybridized carbons (Fsp3) is 0.227. The Morgan fingerprint density at radius 1 is 0.347 bits per heavy atom. The van der Waals surface area contributed by atoms with Crippen molar-refractivity contribution in [3.05, 3.63) is 304 Å². The summed E-state index contributed by atoms with van der Waals surface area (Å²) in [5.41, 5.74) is 39.3. The third-order valence-electron chi connectivity index (χ3n) is 21.6. The second-order valence-corrected chi connectivity index (χ2v) is 30.5. The molecule has 4 aromatic heterocycles. The van der Waals surface area contributed by atoms with Crippen LogP contribution in [-0.4, -0.2) is 155 Å². The second kappa shape index (κ2) is 38.3. The van der Waals surface area contributed by atoms with Gasteiger partial charge in [0.15, 0.2) is 11.6 Å². The number of H-pyrrole nitrogens is 4. The van der Waals surface area contributed by atoms with Crippen molar-refractivity contribution < 1.29 is 67.6 Å². The number of aromatic amines is 4. The molecule has 0 saturated carbocycles. The average Bonchev–Trinajstić information content (AvgIpc) is 1.65. The highest BCUT2D eigenvalue weighted by Crippen LogP contribution is 2.41. The van der Waals surface area contributed by atoms with Gasteiger partial charge in [-0.1, -0.05) is 138 Å². The van der Waals surface area contributed by atoms with Gasteiger partial charge in [-0.15, -0.1) is 0 Å². The third-order valence-corrected chi connectivity index (χ3v) is 22.5. The van der Waals surface area contributed by atoms with Crippen LogP contribution in [0.4, 0.5) is 8.78 Å². The molecule has 4 unspecified atom stereocenters. The molecule has 4 atom stereocenters. The topological polar surface area (TPSA) is 449 Å². The predicted molar refractivity (Wildman–Crippen MR) is 447 cm³/mol. The lowest BCUT2D eigenvalue weighted by Crippen LogP contribution is -2.32. The Labute approximate surface area is 706 Å². The van der Waals surface area contributed by atoms with Gasteiger partial charge in [-0.3, -0.25) is 39.6 Å². The number of aromatic nitrogens is 8. The fourth-order valence-corrected chi connectivity index (χ4v) is 16.0. The van der Waals surface area contributed by atoms with Crippen LogP contribution in [0, 0.1) is 11.6 Å². The van der Waals surface area contributed by atoms with Crippen molar-refractivity contribution in [3.8, 4) is 45.0 Å². The number of aromatic carboxylic acids is 4. The smallest absolute Gasteiger partial charge is 0.335 e. The van der Waals surface area contributed by atoms with E-state index in [4.69, 9.17) is 78.2 Å². The van der Waals surface area contributed by atoms with Gasteiger partial charge in [0.2, 0.25) is 23.6 Å². The molecule has 0 saturated heterocycles. The number of hydrogen-bond acceptors (Lipinski definition) is 16. The molecule has 622 valence electrons. The lowest BCUT2D eigenvalue weighted by Gasteiger charge is -2.24. The first-order valence-corrected chi connectivity index (χ1v) is 39.7. The van der Waals surface area contributed by atoms with Crippen molar-refractivity contribution in [3.63, 3.8) is 0 Å².